The molecule has 0 radical (unpaired) electrons. The van der Waals surface area contributed by atoms with E-state index >= 15 is 0 Å². The topological polar surface area (TPSA) is 43.9 Å². The first-order valence-electron chi connectivity index (χ1n) is 9.00. The first-order valence-corrected chi connectivity index (χ1v) is 9.00. The number of piperidine rings is 1. The zero-order chi connectivity index (χ0) is 16.7. The highest BCUT2D eigenvalue weighted by atomic mass is 16.2. The lowest BCUT2D eigenvalue weighted by Gasteiger charge is -2.39. The highest BCUT2D eigenvalue weighted by Gasteiger charge is 2.55. The van der Waals surface area contributed by atoms with Crippen LogP contribution < -0.4 is 0 Å². The number of benzene rings is 1. The van der Waals surface area contributed by atoms with Gasteiger partial charge in [0.05, 0.1) is 0 Å². The molecule has 0 aromatic heterocycles. The van der Waals surface area contributed by atoms with Crippen LogP contribution in [-0.4, -0.2) is 58.9 Å². The number of likely N-dealkylation sites (N-methyl/N-ethyl adjacent to an activating group) is 1. The Morgan fingerprint density at radius 1 is 1.12 bits per heavy atom. The molecule has 3 heterocycles. The van der Waals surface area contributed by atoms with Gasteiger partial charge >= 0.3 is 6.03 Å². The highest BCUT2D eigenvalue weighted by molar-refractivity contribution is 6.04. The van der Waals surface area contributed by atoms with Gasteiger partial charge in [0.1, 0.15) is 6.04 Å². The van der Waals surface area contributed by atoms with E-state index in [0.29, 0.717) is 6.54 Å². The average molecular weight is 327 g/mol. The third-order valence-corrected chi connectivity index (χ3v) is 6.02. The molecule has 3 saturated heterocycles. The summed E-state index contributed by atoms with van der Waals surface area (Å²) in [7, 11) is 0. The SMILES string of the molecule is CCN1C(=O)C2CC3(CCN(Cc4ccccc4)CC3)CN2C1=O. The molecule has 4 rings (SSSR count). The van der Waals surface area contributed by atoms with E-state index in [1.165, 1.54) is 10.5 Å². The summed E-state index contributed by atoms with van der Waals surface area (Å²) in [4.78, 5) is 30.5. The minimum Gasteiger partial charge on any atom is -0.312 e. The van der Waals surface area contributed by atoms with Crippen LogP contribution in [-0.2, 0) is 11.3 Å². The van der Waals surface area contributed by atoms with Crippen molar-refractivity contribution in [3.05, 3.63) is 35.9 Å². The zero-order valence-corrected chi connectivity index (χ0v) is 14.3. The van der Waals surface area contributed by atoms with E-state index in [2.05, 4.69) is 29.2 Å². The van der Waals surface area contributed by atoms with E-state index in [4.69, 9.17) is 0 Å². The molecule has 0 bridgehead atoms. The van der Waals surface area contributed by atoms with E-state index in [1.807, 2.05) is 17.9 Å². The first-order chi connectivity index (χ1) is 11.6. The normalized spacial score (nSPS) is 26.5. The Balaban J connectivity index is 1.38. The number of likely N-dealkylation sites (tertiary alicyclic amines) is 1. The second-order valence-electron chi connectivity index (χ2n) is 7.47. The third-order valence-electron chi connectivity index (χ3n) is 6.02. The van der Waals surface area contributed by atoms with Gasteiger partial charge in [0.25, 0.3) is 5.91 Å². The van der Waals surface area contributed by atoms with Crippen molar-refractivity contribution in [1.29, 1.82) is 0 Å². The molecule has 1 aromatic rings. The van der Waals surface area contributed by atoms with Crippen molar-refractivity contribution in [3.63, 3.8) is 0 Å². The standard InChI is InChI=1S/C19H25N3O2/c1-2-21-17(23)16-12-19(14-22(16)18(21)24)8-10-20(11-9-19)13-15-6-4-3-5-7-15/h3-7,16H,2,8-14H2,1H3. The Morgan fingerprint density at radius 2 is 1.83 bits per heavy atom. The summed E-state index contributed by atoms with van der Waals surface area (Å²) in [6.07, 6.45) is 3.02. The number of amides is 3. The lowest BCUT2D eigenvalue weighted by Crippen LogP contribution is -2.43. The molecule has 3 aliphatic rings. The van der Waals surface area contributed by atoms with Crippen LogP contribution in [0.5, 0.6) is 0 Å². The van der Waals surface area contributed by atoms with Crippen LogP contribution in [0.25, 0.3) is 0 Å². The number of imide groups is 1. The lowest BCUT2D eigenvalue weighted by molar-refractivity contribution is -0.128. The van der Waals surface area contributed by atoms with Crippen LogP contribution in [0.2, 0.25) is 0 Å². The molecular weight excluding hydrogens is 302 g/mol. The average Bonchev–Trinajstić information content (AvgIpc) is 3.07. The van der Waals surface area contributed by atoms with Crippen LogP contribution in [0.1, 0.15) is 31.7 Å². The van der Waals surface area contributed by atoms with Crippen molar-refractivity contribution in [2.45, 2.75) is 38.8 Å². The minimum absolute atomic E-state index is 0.0195. The summed E-state index contributed by atoms with van der Waals surface area (Å²) >= 11 is 0. The summed E-state index contributed by atoms with van der Waals surface area (Å²) in [5.41, 5.74) is 1.51. The van der Waals surface area contributed by atoms with Crippen molar-refractivity contribution in [1.82, 2.24) is 14.7 Å². The van der Waals surface area contributed by atoms with E-state index < -0.39 is 0 Å². The van der Waals surface area contributed by atoms with Gasteiger partial charge in [0.2, 0.25) is 0 Å². The van der Waals surface area contributed by atoms with Crippen molar-refractivity contribution >= 4 is 11.9 Å². The molecule has 1 atom stereocenters. The highest BCUT2D eigenvalue weighted by Crippen LogP contribution is 2.46. The van der Waals surface area contributed by atoms with Gasteiger partial charge in [-0.1, -0.05) is 30.3 Å². The maximum absolute atomic E-state index is 12.4. The van der Waals surface area contributed by atoms with Gasteiger partial charge in [-0.25, -0.2) is 4.79 Å². The molecule has 1 unspecified atom stereocenters. The Morgan fingerprint density at radius 3 is 2.46 bits per heavy atom. The summed E-state index contributed by atoms with van der Waals surface area (Å²) in [6, 6.07) is 10.3. The number of fused-ring (bicyclic) bond motifs is 1. The van der Waals surface area contributed by atoms with E-state index in [-0.39, 0.29) is 23.4 Å². The molecule has 128 valence electrons. The molecule has 3 aliphatic heterocycles. The summed E-state index contributed by atoms with van der Waals surface area (Å²) in [6.45, 7) is 6.21. The Hall–Kier alpha value is -1.88. The number of hydrogen-bond acceptors (Lipinski definition) is 3. The lowest BCUT2D eigenvalue weighted by atomic mass is 9.76. The fraction of sp³-hybridized carbons (Fsp3) is 0.579. The number of rotatable bonds is 3. The quantitative estimate of drug-likeness (QED) is 0.800. The molecule has 24 heavy (non-hydrogen) atoms. The molecule has 1 spiro atoms. The molecule has 1 aromatic carbocycles. The van der Waals surface area contributed by atoms with Crippen molar-refractivity contribution in [2.24, 2.45) is 5.41 Å². The molecule has 0 aliphatic carbocycles. The molecule has 0 N–H and O–H groups in total. The predicted molar refractivity (Wildman–Crippen MR) is 91.3 cm³/mol. The largest absolute Gasteiger partial charge is 0.327 e. The fourth-order valence-corrected chi connectivity index (χ4v) is 4.59. The van der Waals surface area contributed by atoms with Crippen molar-refractivity contribution in [2.75, 3.05) is 26.2 Å². The summed E-state index contributed by atoms with van der Waals surface area (Å²) in [5, 5.41) is 0. The maximum Gasteiger partial charge on any atom is 0.327 e. The van der Waals surface area contributed by atoms with Crippen LogP contribution >= 0.6 is 0 Å². The summed E-state index contributed by atoms with van der Waals surface area (Å²) in [5.74, 6) is 0.0195. The third kappa shape index (κ3) is 2.51. The number of urea groups is 1. The molecule has 3 amide bonds. The Labute approximate surface area is 143 Å². The first kappa shape index (κ1) is 15.6. The van der Waals surface area contributed by atoms with Gasteiger partial charge in [-0.05, 0) is 50.3 Å². The van der Waals surface area contributed by atoms with Gasteiger partial charge in [-0.15, -0.1) is 0 Å². The second kappa shape index (κ2) is 5.88. The van der Waals surface area contributed by atoms with E-state index in [0.717, 1.165) is 45.4 Å². The van der Waals surface area contributed by atoms with Crippen LogP contribution in [0, 0.1) is 5.41 Å². The zero-order valence-electron chi connectivity index (χ0n) is 14.3. The van der Waals surface area contributed by atoms with Gasteiger partial charge in [0.15, 0.2) is 0 Å². The van der Waals surface area contributed by atoms with Crippen molar-refractivity contribution < 1.29 is 9.59 Å². The van der Waals surface area contributed by atoms with Crippen LogP contribution in [0.4, 0.5) is 4.79 Å². The number of carbonyl (C=O) groups excluding carboxylic acids is 2. The van der Waals surface area contributed by atoms with Crippen LogP contribution in [0.15, 0.2) is 30.3 Å². The maximum atomic E-state index is 12.4. The second-order valence-corrected chi connectivity index (χ2v) is 7.47. The minimum atomic E-state index is -0.196. The molecule has 3 fully saturated rings. The smallest absolute Gasteiger partial charge is 0.312 e. The van der Waals surface area contributed by atoms with Gasteiger partial charge < -0.3 is 4.90 Å². The van der Waals surface area contributed by atoms with E-state index in [1.54, 1.807) is 0 Å². The predicted octanol–water partition coefficient (Wildman–Crippen LogP) is 2.33. The van der Waals surface area contributed by atoms with Crippen molar-refractivity contribution in [3.8, 4) is 0 Å². The molecular formula is C19H25N3O2. The Bertz CT molecular complexity index is 611. The molecule has 0 saturated carbocycles. The number of carbonyl (C=O) groups is 2. The van der Waals surface area contributed by atoms with Gasteiger partial charge in [-0.3, -0.25) is 14.6 Å². The van der Waals surface area contributed by atoms with Crippen LogP contribution in [0.3, 0.4) is 0 Å². The fourth-order valence-electron chi connectivity index (χ4n) is 4.59. The molecule has 5 heteroatoms. The monoisotopic (exact) mass is 327 g/mol. The summed E-state index contributed by atoms with van der Waals surface area (Å²) < 4.78 is 0. The number of nitrogens with zero attached hydrogens (tertiary/aromatic N) is 3. The van der Waals surface area contributed by atoms with Gasteiger partial charge in [-0.2, -0.15) is 0 Å². The Kier molecular flexibility index (Phi) is 3.83. The van der Waals surface area contributed by atoms with Gasteiger partial charge in [0, 0.05) is 19.6 Å². The molecule has 5 nitrogen and oxygen atoms in total. The number of hydrogen-bond donors (Lipinski definition) is 0. The van der Waals surface area contributed by atoms with E-state index in [9.17, 15) is 9.59 Å².